The second kappa shape index (κ2) is 9.71. The van der Waals surface area contributed by atoms with Crippen molar-refractivity contribution in [2.24, 2.45) is 0 Å². The molecular weight excluding hydrogens is 398 g/mol. The summed E-state index contributed by atoms with van der Waals surface area (Å²) in [7, 11) is 1.29. The summed E-state index contributed by atoms with van der Waals surface area (Å²) < 4.78 is 16.2. The zero-order valence-corrected chi connectivity index (χ0v) is 17.7. The summed E-state index contributed by atoms with van der Waals surface area (Å²) in [6, 6.07) is 13.6. The molecule has 0 aliphatic rings. The van der Waals surface area contributed by atoms with Gasteiger partial charge in [0.15, 0.2) is 0 Å². The third kappa shape index (κ3) is 6.02. The van der Waals surface area contributed by atoms with E-state index in [-0.39, 0.29) is 34.8 Å². The molecule has 3 rings (SSSR count). The Morgan fingerprint density at radius 1 is 1.00 bits per heavy atom. The molecule has 0 atom stereocenters. The Bertz CT molecular complexity index is 1080. The van der Waals surface area contributed by atoms with Crippen LogP contribution < -0.4 is 14.8 Å². The number of carbonyl (C=O) groups is 2. The second-order valence-electron chi connectivity index (χ2n) is 7.00. The molecule has 0 radical (unpaired) electrons. The van der Waals surface area contributed by atoms with E-state index in [1.165, 1.54) is 37.6 Å². The van der Waals surface area contributed by atoms with Crippen LogP contribution in [-0.2, 0) is 4.74 Å². The Hall–Kier alpha value is -3.94. The smallest absolute Gasteiger partial charge is 0.339 e. The molecule has 0 spiro atoms. The quantitative estimate of drug-likeness (QED) is 0.564. The van der Waals surface area contributed by atoms with Crippen LogP contribution in [0.5, 0.6) is 17.5 Å². The van der Waals surface area contributed by atoms with Gasteiger partial charge in [-0.2, -0.15) is 4.98 Å². The van der Waals surface area contributed by atoms with E-state index < -0.39 is 11.9 Å². The number of aromatic nitrogens is 2. The van der Waals surface area contributed by atoms with Crippen LogP contribution in [0.1, 0.15) is 40.1 Å². The molecule has 0 unspecified atom stereocenters. The van der Waals surface area contributed by atoms with Crippen molar-refractivity contribution in [2.45, 2.75) is 26.9 Å². The molecule has 0 aliphatic carbocycles. The van der Waals surface area contributed by atoms with Crippen LogP contribution in [0.3, 0.4) is 0 Å². The lowest BCUT2D eigenvalue weighted by atomic mass is 10.2. The number of ether oxygens (including phenoxy) is 3. The molecule has 0 fully saturated rings. The normalized spacial score (nSPS) is 10.5. The van der Waals surface area contributed by atoms with E-state index in [1.807, 2.05) is 39.0 Å². The lowest BCUT2D eigenvalue weighted by molar-refractivity contribution is 0.0600. The minimum atomic E-state index is -0.507. The molecule has 8 heteroatoms. The van der Waals surface area contributed by atoms with Gasteiger partial charge in [-0.25, -0.2) is 9.78 Å². The van der Waals surface area contributed by atoms with Crippen molar-refractivity contribution in [3.8, 4) is 17.5 Å². The van der Waals surface area contributed by atoms with Gasteiger partial charge in [0.05, 0.1) is 24.3 Å². The average molecular weight is 421 g/mol. The van der Waals surface area contributed by atoms with Crippen LogP contribution in [0.15, 0.2) is 54.7 Å². The minimum absolute atomic E-state index is 0.134. The van der Waals surface area contributed by atoms with Gasteiger partial charge in [-0.1, -0.05) is 12.1 Å². The van der Waals surface area contributed by atoms with Gasteiger partial charge in [-0.15, -0.1) is 0 Å². The minimum Gasteiger partial charge on any atom is -0.475 e. The fourth-order valence-electron chi connectivity index (χ4n) is 2.66. The molecule has 1 N–H and O–H groups in total. The number of amides is 1. The Morgan fingerprint density at radius 2 is 1.77 bits per heavy atom. The number of anilines is 1. The summed E-state index contributed by atoms with van der Waals surface area (Å²) >= 11 is 0. The van der Waals surface area contributed by atoms with Crippen LogP contribution in [0.25, 0.3) is 0 Å². The average Bonchev–Trinajstić information content (AvgIpc) is 2.73. The maximum Gasteiger partial charge on any atom is 0.339 e. The van der Waals surface area contributed by atoms with Gasteiger partial charge in [-0.05, 0) is 50.6 Å². The molecule has 2 heterocycles. The molecule has 8 nitrogen and oxygen atoms in total. The van der Waals surface area contributed by atoms with Gasteiger partial charge >= 0.3 is 5.97 Å². The van der Waals surface area contributed by atoms with Crippen molar-refractivity contribution in [3.63, 3.8) is 0 Å². The van der Waals surface area contributed by atoms with Crippen molar-refractivity contribution in [2.75, 3.05) is 12.4 Å². The van der Waals surface area contributed by atoms with Gasteiger partial charge in [0.1, 0.15) is 11.6 Å². The standard InChI is InChI=1S/C23H23N3O5/c1-14(2)30-20-11-17(12-21(26-20)31-18-7-5-6-15(3)10-18)22(27)25-19-9-8-16(13-24-19)23(28)29-4/h5-14H,1-4H3,(H,24,25,27). The Labute approximate surface area is 180 Å². The molecule has 3 aromatic rings. The lowest BCUT2D eigenvalue weighted by Gasteiger charge is -2.13. The van der Waals surface area contributed by atoms with E-state index in [0.717, 1.165) is 5.56 Å². The number of methoxy groups -OCH3 is 1. The molecule has 0 saturated heterocycles. The molecule has 1 aromatic carbocycles. The van der Waals surface area contributed by atoms with Gasteiger partial charge in [0.25, 0.3) is 5.91 Å². The summed E-state index contributed by atoms with van der Waals surface area (Å²) in [6.45, 7) is 5.68. The number of nitrogens with one attached hydrogen (secondary N) is 1. The van der Waals surface area contributed by atoms with E-state index in [2.05, 4.69) is 20.0 Å². The maximum absolute atomic E-state index is 12.8. The van der Waals surface area contributed by atoms with E-state index in [1.54, 1.807) is 6.07 Å². The topological polar surface area (TPSA) is 99.6 Å². The monoisotopic (exact) mass is 421 g/mol. The predicted molar refractivity (Wildman–Crippen MR) is 115 cm³/mol. The first-order valence-electron chi connectivity index (χ1n) is 9.63. The molecule has 0 saturated carbocycles. The number of rotatable bonds is 7. The fourth-order valence-corrected chi connectivity index (χ4v) is 2.66. The Balaban J connectivity index is 1.84. The largest absolute Gasteiger partial charge is 0.475 e. The summed E-state index contributed by atoms with van der Waals surface area (Å²) in [5.74, 6) is 0.432. The zero-order valence-electron chi connectivity index (χ0n) is 17.7. The summed E-state index contributed by atoms with van der Waals surface area (Å²) in [5.41, 5.74) is 1.60. The van der Waals surface area contributed by atoms with E-state index in [0.29, 0.717) is 5.75 Å². The predicted octanol–water partition coefficient (Wildman–Crippen LogP) is 4.40. The number of aryl methyl sites for hydroxylation is 1. The molecule has 1 amide bonds. The van der Waals surface area contributed by atoms with Gasteiger partial charge in [0.2, 0.25) is 11.8 Å². The van der Waals surface area contributed by atoms with Crippen molar-refractivity contribution in [3.05, 3.63) is 71.4 Å². The summed E-state index contributed by atoms with van der Waals surface area (Å²) in [6.07, 6.45) is 1.19. The van der Waals surface area contributed by atoms with Crippen LogP contribution >= 0.6 is 0 Å². The van der Waals surface area contributed by atoms with Crippen molar-refractivity contribution < 1.29 is 23.8 Å². The van der Waals surface area contributed by atoms with Gasteiger partial charge < -0.3 is 19.5 Å². The van der Waals surface area contributed by atoms with Gasteiger partial charge in [0, 0.05) is 18.3 Å². The number of benzene rings is 1. The summed E-state index contributed by atoms with van der Waals surface area (Å²) in [4.78, 5) is 32.7. The number of esters is 1. The molecular formula is C23H23N3O5. The van der Waals surface area contributed by atoms with E-state index in [4.69, 9.17) is 9.47 Å². The Kier molecular flexibility index (Phi) is 6.81. The lowest BCUT2D eigenvalue weighted by Crippen LogP contribution is -2.15. The highest BCUT2D eigenvalue weighted by Crippen LogP contribution is 2.25. The first kappa shape index (κ1) is 21.8. The highest BCUT2D eigenvalue weighted by Gasteiger charge is 2.15. The SMILES string of the molecule is COC(=O)c1ccc(NC(=O)c2cc(Oc3cccc(C)c3)nc(OC(C)C)c2)nc1. The first-order chi connectivity index (χ1) is 14.8. The van der Waals surface area contributed by atoms with E-state index >= 15 is 0 Å². The molecule has 0 aliphatic heterocycles. The number of pyridine rings is 2. The van der Waals surface area contributed by atoms with Gasteiger partial charge in [-0.3, -0.25) is 4.79 Å². The zero-order chi connectivity index (χ0) is 22.4. The van der Waals surface area contributed by atoms with Crippen LogP contribution in [0.2, 0.25) is 0 Å². The third-order valence-corrected chi connectivity index (χ3v) is 4.04. The Morgan fingerprint density at radius 3 is 2.42 bits per heavy atom. The van der Waals surface area contributed by atoms with Crippen LogP contribution in [-0.4, -0.2) is 35.1 Å². The van der Waals surface area contributed by atoms with E-state index in [9.17, 15) is 9.59 Å². The number of nitrogens with zero attached hydrogens (tertiary/aromatic N) is 2. The van der Waals surface area contributed by atoms with Crippen LogP contribution in [0.4, 0.5) is 5.82 Å². The van der Waals surface area contributed by atoms with Crippen molar-refractivity contribution in [1.29, 1.82) is 0 Å². The molecule has 0 bridgehead atoms. The fraction of sp³-hybridized carbons (Fsp3) is 0.217. The summed E-state index contributed by atoms with van der Waals surface area (Å²) in [5, 5.41) is 2.68. The molecule has 31 heavy (non-hydrogen) atoms. The number of carbonyl (C=O) groups excluding carboxylic acids is 2. The van der Waals surface area contributed by atoms with Crippen LogP contribution in [0, 0.1) is 6.92 Å². The van der Waals surface area contributed by atoms with Crippen molar-refractivity contribution in [1.82, 2.24) is 9.97 Å². The highest BCUT2D eigenvalue weighted by molar-refractivity contribution is 6.04. The van der Waals surface area contributed by atoms with Crippen molar-refractivity contribution >= 4 is 17.7 Å². The third-order valence-electron chi connectivity index (χ3n) is 4.04. The first-order valence-corrected chi connectivity index (χ1v) is 9.63. The highest BCUT2D eigenvalue weighted by atomic mass is 16.5. The molecule has 160 valence electrons. The maximum atomic E-state index is 12.8. The second-order valence-corrected chi connectivity index (χ2v) is 7.00. The number of hydrogen-bond donors (Lipinski definition) is 1. The number of hydrogen-bond acceptors (Lipinski definition) is 7. The molecule has 2 aromatic heterocycles.